The molecule has 7 heteroatoms. The predicted molar refractivity (Wildman–Crippen MR) is 104 cm³/mol. The van der Waals surface area contributed by atoms with E-state index in [1.807, 2.05) is 43.3 Å². The number of benzene rings is 1. The van der Waals surface area contributed by atoms with Gasteiger partial charge in [-0.2, -0.15) is 5.10 Å². The Labute approximate surface area is 153 Å². The van der Waals surface area contributed by atoms with Crippen LogP contribution in [0.4, 0.5) is 0 Å². The number of aryl methyl sites for hydroxylation is 1. The number of H-pyrrole nitrogens is 2. The third kappa shape index (κ3) is 2.43. The standard InChI is InChI=1S/C20H16N6O/c1-2-14-19(16-5-3-4-8-21-16)20-23-17(10-18(27)26(20)25-14)12-6-7-15-13(9-12)11-22-24-15/h3-11,25H,2H2,1H3,(H,22,24). The Hall–Kier alpha value is -3.74. The first kappa shape index (κ1) is 15.5. The fraction of sp³-hybridized carbons (Fsp3) is 0.100. The highest BCUT2D eigenvalue weighted by Gasteiger charge is 2.17. The summed E-state index contributed by atoms with van der Waals surface area (Å²) in [6.45, 7) is 2.04. The van der Waals surface area contributed by atoms with E-state index in [2.05, 4.69) is 20.3 Å². The lowest BCUT2D eigenvalue weighted by molar-refractivity contribution is 0.859. The zero-order valence-electron chi connectivity index (χ0n) is 14.6. The summed E-state index contributed by atoms with van der Waals surface area (Å²) in [7, 11) is 0. The molecule has 0 amide bonds. The van der Waals surface area contributed by atoms with Gasteiger partial charge in [-0.1, -0.05) is 19.1 Å². The molecule has 4 heterocycles. The van der Waals surface area contributed by atoms with Crippen LogP contribution in [0.25, 0.3) is 39.1 Å². The second-order valence-electron chi connectivity index (χ2n) is 6.34. The van der Waals surface area contributed by atoms with E-state index in [0.717, 1.165) is 39.8 Å². The lowest BCUT2D eigenvalue weighted by atomic mass is 10.1. The fourth-order valence-electron chi connectivity index (χ4n) is 3.37. The smallest absolute Gasteiger partial charge is 0.273 e. The van der Waals surface area contributed by atoms with Crippen molar-refractivity contribution in [2.24, 2.45) is 0 Å². The molecule has 0 aliphatic carbocycles. The number of aromatic amines is 2. The van der Waals surface area contributed by atoms with E-state index in [1.165, 1.54) is 4.52 Å². The maximum absolute atomic E-state index is 12.8. The molecule has 0 aliphatic heterocycles. The molecule has 7 nitrogen and oxygen atoms in total. The monoisotopic (exact) mass is 356 g/mol. The molecule has 2 N–H and O–H groups in total. The average molecular weight is 356 g/mol. The summed E-state index contributed by atoms with van der Waals surface area (Å²) in [4.78, 5) is 22.0. The normalized spacial score (nSPS) is 11.4. The summed E-state index contributed by atoms with van der Waals surface area (Å²) >= 11 is 0. The van der Waals surface area contributed by atoms with Gasteiger partial charge >= 0.3 is 0 Å². The van der Waals surface area contributed by atoms with Crippen LogP contribution in [0.3, 0.4) is 0 Å². The molecule has 0 saturated carbocycles. The second kappa shape index (κ2) is 5.91. The van der Waals surface area contributed by atoms with Gasteiger partial charge < -0.3 is 0 Å². The molecule has 4 aromatic heterocycles. The van der Waals surface area contributed by atoms with Gasteiger partial charge in [0.25, 0.3) is 5.56 Å². The molecule has 0 atom stereocenters. The number of pyridine rings is 1. The Morgan fingerprint density at radius 2 is 2.04 bits per heavy atom. The number of aromatic nitrogens is 6. The molecule has 5 aromatic rings. The third-order valence-corrected chi connectivity index (χ3v) is 4.70. The van der Waals surface area contributed by atoms with Crippen LogP contribution in [0.1, 0.15) is 12.6 Å². The van der Waals surface area contributed by atoms with Gasteiger partial charge in [0, 0.05) is 28.9 Å². The fourth-order valence-corrected chi connectivity index (χ4v) is 3.37. The Morgan fingerprint density at radius 3 is 2.85 bits per heavy atom. The highest BCUT2D eigenvalue weighted by Crippen LogP contribution is 2.28. The van der Waals surface area contributed by atoms with Crippen molar-refractivity contribution < 1.29 is 0 Å². The maximum atomic E-state index is 12.8. The van der Waals surface area contributed by atoms with Crippen LogP contribution in [0.5, 0.6) is 0 Å². The molecular weight excluding hydrogens is 340 g/mol. The Bertz CT molecular complexity index is 1330. The van der Waals surface area contributed by atoms with Gasteiger partial charge in [-0.3, -0.25) is 20.0 Å². The summed E-state index contributed by atoms with van der Waals surface area (Å²) < 4.78 is 1.49. The number of hydrogen-bond donors (Lipinski definition) is 2. The predicted octanol–water partition coefficient (Wildman–Crippen LogP) is 3.19. The van der Waals surface area contributed by atoms with Crippen LogP contribution < -0.4 is 5.56 Å². The molecule has 1 aromatic carbocycles. The van der Waals surface area contributed by atoms with E-state index < -0.39 is 0 Å². The molecule has 0 unspecified atom stereocenters. The minimum absolute atomic E-state index is 0.154. The van der Waals surface area contributed by atoms with Crippen molar-refractivity contribution in [2.45, 2.75) is 13.3 Å². The van der Waals surface area contributed by atoms with Gasteiger partial charge in [-0.05, 0) is 30.7 Å². The zero-order chi connectivity index (χ0) is 18.4. The van der Waals surface area contributed by atoms with Crippen LogP contribution in [0.2, 0.25) is 0 Å². The van der Waals surface area contributed by atoms with Crippen molar-refractivity contribution in [1.82, 2.24) is 29.8 Å². The van der Waals surface area contributed by atoms with Crippen LogP contribution in [0, 0.1) is 0 Å². The number of fused-ring (bicyclic) bond motifs is 2. The van der Waals surface area contributed by atoms with E-state index in [1.54, 1.807) is 18.5 Å². The van der Waals surface area contributed by atoms with Crippen LogP contribution in [-0.4, -0.2) is 29.8 Å². The van der Waals surface area contributed by atoms with Crippen LogP contribution >= 0.6 is 0 Å². The molecule has 0 spiro atoms. The van der Waals surface area contributed by atoms with E-state index >= 15 is 0 Å². The molecule has 0 radical (unpaired) electrons. The van der Waals surface area contributed by atoms with Crippen molar-refractivity contribution in [1.29, 1.82) is 0 Å². The SMILES string of the molecule is CCc1[nH]n2c(=O)cc(-c3ccc4[nH]ncc4c3)nc2c1-c1ccccn1. The van der Waals surface area contributed by atoms with Gasteiger partial charge in [-0.15, -0.1) is 0 Å². The first-order valence-corrected chi connectivity index (χ1v) is 8.74. The summed E-state index contributed by atoms with van der Waals surface area (Å²) in [5, 5.41) is 11.1. The number of hydrogen-bond acceptors (Lipinski definition) is 4. The quantitative estimate of drug-likeness (QED) is 0.519. The highest BCUT2D eigenvalue weighted by atomic mass is 16.1. The summed E-state index contributed by atoms with van der Waals surface area (Å²) in [6.07, 6.45) is 4.24. The summed E-state index contributed by atoms with van der Waals surface area (Å²) in [6, 6.07) is 13.1. The summed E-state index contributed by atoms with van der Waals surface area (Å²) in [5.74, 6) is 0. The average Bonchev–Trinajstić information content (AvgIpc) is 3.32. The Kier molecular flexibility index (Phi) is 3.39. The highest BCUT2D eigenvalue weighted by molar-refractivity contribution is 5.84. The number of rotatable bonds is 3. The van der Waals surface area contributed by atoms with Gasteiger partial charge in [0.2, 0.25) is 0 Å². The largest absolute Gasteiger partial charge is 0.293 e. The van der Waals surface area contributed by atoms with Crippen LogP contribution in [0.15, 0.2) is 59.7 Å². The lowest BCUT2D eigenvalue weighted by Gasteiger charge is -2.04. The van der Waals surface area contributed by atoms with Gasteiger partial charge in [0.1, 0.15) is 0 Å². The molecule has 0 fully saturated rings. The number of nitrogens with zero attached hydrogens (tertiary/aromatic N) is 4. The first-order valence-electron chi connectivity index (χ1n) is 8.74. The number of nitrogens with one attached hydrogen (secondary N) is 2. The summed E-state index contributed by atoms with van der Waals surface area (Å²) in [5.41, 5.74) is 5.46. The van der Waals surface area contributed by atoms with E-state index in [0.29, 0.717) is 11.3 Å². The maximum Gasteiger partial charge on any atom is 0.273 e. The molecule has 27 heavy (non-hydrogen) atoms. The van der Waals surface area contributed by atoms with Gasteiger partial charge in [0.15, 0.2) is 5.65 Å². The molecule has 5 rings (SSSR count). The van der Waals surface area contributed by atoms with E-state index in [9.17, 15) is 4.79 Å². The van der Waals surface area contributed by atoms with Crippen LogP contribution in [-0.2, 0) is 6.42 Å². The zero-order valence-corrected chi connectivity index (χ0v) is 14.6. The second-order valence-corrected chi connectivity index (χ2v) is 6.34. The van der Waals surface area contributed by atoms with Gasteiger partial charge in [-0.25, -0.2) is 9.50 Å². The lowest BCUT2D eigenvalue weighted by Crippen LogP contribution is -2.14. The van der Waals surface area contributed by atoms with Crippen molar-refractivity contribution in [3.05, 3.63) is 70.9 Å². The molecular formula is C20H16N6O. The molecule has 0 aliphatic rings. The molecule has 0 bridgehead atoms. The topological polar surface area (TPSA) is 91.7 Å². The van der Waals surface area contributed by atoms with Crippen molar-refractivity contribution in [2.75, 3.05) is 0 Å². The van der Waals surface area contributed by atoms with E-state index in [4.69, 9.17) is 4.98 Å². The minimum Gasteiger partial charge on any atom is -0.293 e. The molecule has 132 valence electrons. The van der Waals surface area contributed by atoms with Crippen molar-refractivity contribution in [3.63, 3.8) is 0 Å². The van der Waals surface area contributed by atoms with Crippen molar-refractivity contribution in [3.8, 4) is 22.5 Å². The third-order valence-electron chi connectivity index (χ3n) is 4.70. The minimum atomic E-state index is -0.154. The Balaban J connectivity index is 1.79. The molecule has 0 saturated heterocycles. The van der Waals surface area contributed by atoms with Gasteiger partial charge in [0.05, 0.1) is 28.7 Å². The van der Waals surface area contributed by atoms with Crippen molar-refractivity contribution >= 4 is 16.6 Å². The Morgan fingerprint density at radius 1 is 1.11 bits per heavy atom. The first-order chi connectivity index (χ1) is 13.2. The van der Waals surface area contributed by atoms with E-state index in [-0.39, 0.29) is 5.56 Å².